The predicted molar refractivity (Wildman–Crippen MR) is 87.7 cm³/mol. The summed E-state index contributed by atoms with van der Waals surface area (Å²) in [6.45, 7) is 8.85. The van der Waals surface area contributed by atoms with E-state index in [4.69, 9.17) is 0 Å². The maximum Gasteiger partial charge on any atom is 0.269 e. The van der Waals surface area contributed by atoms with Gasteiger partial charge in [-0.1, -0.05) is 18.2 Å². The highest BCUT2D eigenvalue weighted by molar-refractivity contribution is 6.35. The fraction of sp³-hybridized carbons (Fsp3) is 0.263. The molecule has 3 nitrogen and oxygen atoms in total. The highest BCUT2D eigenvalue weighted by atomic mass is 19.1. The number of halogens is 1. The van der Waals surface area contributed by atoms with E-state index in [9.17, 15) is 14.0 Å². The van der Waals surface area contributed by atoms with Crippen molar-refractivity contribution in [2.45, 2.75) is 34.6 Å². The first kappa shape index (κ1) is 15.4. The van der Waals surface area contributed by atoms with Crippen molar-refractivity contribution >= 4 is 17.5 Å². The normalized spacial score (nSPS) is 13.7. The second-order valence-corrected chi connectivity index (χ2v) is 6.13. The van der Waals surface area contributed by atoms with E-state index in [0.717, 1.165) is 16.0 Å². The topological polar surface area (TPSA) is 37.4 Å². The maximum atomic E-state index is 14.7. The highest BCUT2D eigenvalue weighted by Gasteiger charge is 2.42. The Hall–Kier alpha value is -2.49. The van der Waals surface area contributed by atoms with E-state index < -0.39 is 17.6 Å². The monoisotopic (exact) mass is 311 g/mol. The lowest BCUT2D eigenvalue weighted by atomic mass is 9.94. The van der Waals surface area contributed by atoms with E-state index in [0.29, 0.717) is 22.4 Å². The Balaban J connectivity index is 2.31. The molecule has 4 heteroatoms. The quantitative estimate of drug-likeness (QED) is 0.741. The molecule has 0 unspecified atom stereocenters. The molecule has 118 valence electrons. The van der Waals surface area contributed by atoms with Crippen LogP contribution in [0.1, 0.15) is 48.5 Å². The molecule has 23 heavy (non-hydrogen) atoms. The van der Waals surface area contributed by atoms with Crippen molar-refractivity contribution < 1.29 is 14.0 Å². The van der Waals surface area contributed by atoms with Crippen LogP contribution in [-0.2, 0) is 0 Å². The first-order valence-corrected chi connectivity index (χ1v) is 7.51. The van der Waals surface area contributed by atoms with Gasteiger partial charge in [-0.05, 0) is 62.4 Å². The molecule has 0 saturated heterocycles. The minimum atomic E-state index is -0.588. The third-order valence-corrected chi connectivity index (χ3v) is 4.80. The van der Waals surface area contributed by atoms with Gasteiger partial charge in [0.1, 0.15) is 5.82 Å². The molecule has 1 heterocycles. The Kier molecular flexibility index (Phi) is 3.36. The number of amides is 2. The third kappa shape index (κ3) is 1.94. The van der Waals surface area contributed by atoms with E-state index in [1.54, 1.807) is 20.8 Å². The van der Waals surface area contributed by atoms with Crippen LogP contribution in [0.4, 0.5) is 10.1 Å². The highest BCUT2D eigenvalue weighted by Crippen LogP contribution is 2.37. The molecule has 1 aliphatic heterocycles. The van der Waals surface area contributed by atoms with Crippen LogP contribution >= 0.6 is 0 Å². The number of benzene rings is 2. The van der Waals surface area contributed by atoms with Crippen LogP contribution in [0.5, 0.6) is 0 Å². The van der Waals surface area contributed by atoms with Crippen molar-refractivity contribution in [2.75, 3.05) is 4.90 Å². The summed E-state index contributed by atoms with van der Waals surface area (Å²) in [5, 5.41) is 0. The van der Waals surface area contributed by atoms with Crippen LogP contribution in [0.25, 0.3) is 0 Å². The Labute approximate surface area is 134 Å². The zero-order chi connectivity index (χ0) is 17.0. The summed E-state index contributed by atoms with van der Waals surface area (Å²) >= 11 is 0. The molecular formula is C19H18FNO2. The molecule has 2 aromatic carbocycles. The summed E-state index contributed by atoms with van der Waals surface area (Å²) in [6.07, 6.45) is 0. The molecule has 0 radical (unpaired) electrons. The molecule has 0 aromatic heterocycles. The predicted octanol–water partition coefficient (Wildman–Crippen LogP) is 4.17. The SMILES string of the molecule is Cc1cccc(C)c1N1C(=O)c2c(C)c(C)c(C)c(F)c2C1=O. The molecular weight excluding hydrogens is 293 g/mol. The number of anilines is 1. The third-order valence-electron chi connectivity index (χ3n) is 4.80. The summed E-state index contributed by atoms with van der Waals surface area (Å²) in [5.41, 5.74) is 4.07. The molecule has 0 atom stereocenters. The summed E-state index contributed by atoms with van der Waals surface area (Å²) < 4.78 is 14.7. The van der Waals surface area contributed by atoms with E-state index in [1.165, 1.54) is 0 Å². The maximum absolute atomic E-state index is 14.7. The molecule has 2 amide bonds. The summed E-state index contributed by atoms with van der Waals surface area (Å²) in [6, 6.07) is 5.55. The van der Waals surface area contributed by atoms with Crippen molar-refractivity contribution in [2.24, 2.45) is 0 Å². The van der Waals surface area contributed by atoms with Gasteiger partial charge in [-0.15, -0.1) is 0 Å². The first-order valence-electron chi connectivity index (χ1n) is 7.51. The van der Waals surface area contributed by atoms with Gasteiger partial charge in [-0.25, -0.2) is 9.29 Å². The fourth-order valence-corrected chi connectivity index (χ4v) is 3.26. The van der Waals surface area contributed by atoms with Crippen LogP contribution < -0.4 is 4.90 Å². The number of hydrogen-bond donors (Lipinski definition) is 0. The lowest BCUT2D eigenvalue weighted by molar-refractivity contribution is 0.0924. The largest absolute Gasteiger partial charge is 0.269 e. The van der Waals surface area contributed by atoms with Crippen molar-refractivity contribution in [3.05, 3.63) is 63.0 Å². The van der Waals surface area contributed by atoms with Gasteiger partial charge in [0, 0.05) is 0 Å². The van der Waals surface area contributed by atoms with E-state index in [2.05, 4.69) is 0 Å². The van der Waals surface area contributed by atoms with Gasteiger partial charge in [0.15, 0.2) is 0 Å². The average molecular weight is 311 g/mol. The Morgan fingerprint density at radius 3 is 1.87 bits per heavy atom. The average Bonchev–Trinajstić information content (AvgIpc) is 2.75. The molecule has 0 fully saturated rings. The van der Waals surface area contributed by atoms with Crippen LogP contribution in [0.3, 0.4) is 0 Å². The summed E-state index contributed by atoms with van der Waals surface area (Å²) in [4.78, 5) is 26.8. The Morgan fingerprint density at radius 1 is 0.783 bits per heavy atom. The fourth-order valence-electron chi connectivity index (χ4n) is 3.26. The number of fused-ring (bicyclic) bond motifs is 1. The lowest BCUT2D eigenvalue weighted by Gasteiger charge is -2.19. The van der Waals surface area contributed by atoms with Gasteiger partial charge < -0.3 is 0 Å². The van der Waals surface area contributed by atoms with Crippen LogP contribution in [0, 0.1) is 40.4 Å². The molecule has 0 saturated carbocycles. The summed E-state index contributed by atoms with van der Waals surface area (Å²) in [7, 11) is 0. The summed E-state index contributed by atoms with van der Waals surface area (Å²) in [5.74, 6) is -1.61. The lowest BCUT2D eigenvalue weighted by Crippen LogP contribution is -2.31. The van der Waals surface area contributed by atoms with Gasteiger partial charge in [-0.3, -0.25) is 9.59 Å². The number of carbonyl (C=O) groups is 2. The van der Waals surface area contributed by atoms with Crippen LogP contribution in [0.2, 0.25) is 0 Å². The number of hydrogen-bond acceptors (Lipinski definition) is 2. The van der Waals surface area contributed by atoms with Crippen LogP contribution in [-0.4, -0.2) is 11.8 Å². The molecule has 0 spiro atoms. The van der Waals surface area contributed by atoms with Crippen molar-refractivity contribution in [3.8, 4) is 0 Å². The molecule has 0 aliphatic carbocycles. The van der Waals surface area contributed by atoms with Gasteiger partial charge in [0.05, 0.1) is 16.8 Å². The van der Waals surface area contributed by atoms with E-state index >= 15 is 0 Å². The van der Waals surface area contributed by atoms with Gasteiger partial charge in [0.2, 0.25) is 0 Å². The van der Waals surface area contributed by atoms with Crippen molar-refractivity contribution in [1.82, 2.24) is 0 Å². The number of rotatable bonds is 1. The Morgan fingerprint density at radius 2 is 1.30 bits per heavy atom. The van der Waals surface area contributed by atoms with Gasteiger partial charge >= 0.3 is 0 Å². The van der Waals surface area contributed by atoms with Crippen LogP contribution in [0.15, 0.2) is 18.2 Å². The standard InChI is InChI=1S/C19H18FNO2/c1-9-7-6-8-10(2)17(9)21-18(22)14-12(4)11(3)13(5)16(20)15(14)19(21)23/h6-8H,1-5H3. The molecule has 0 bridgehead atoms. The zero-order valence-electron chi connectivity index (χ0n) is 13.9. The number of para-hydroxylation sites is 1. The second kappa shape index (κ2) is 5.01. The number of aryl methyl sites for hydroxylation is 2. The first-order chi connectivity index (χ1) is 10.8. The van der Waals surface area contributed by atoms with Crippen molar-refractivity contribution in [1.29, 1.82) is 0 Å². The van der Waals surface area contributed by atoms with Gasteiger partial charge in [0.25, 0.3) is 11.8 Å². The minimum absolute atomic E-state index is 0.0988. The second-order valence-electron chi connectivity index (χ2n) is 6.13. The minimum Gasteiger partial charge on any atom is -0.268 e. The Bertz CT molecular complexity index is 816. The molecule has 2 aromatic rings. The van der Waals surface area contributed by atoms with E-state index in [-0.39, 0.29) is 11.1 Å². The molecule has 0 N–H and O–H groups in total. The smallest absolute Gasteiger partial charge is 0.268 e. The number of nitrogens with zero attached hydrogens (tertiary/aromatic N) is 1. The molecule has 3 rings (SSSR count). The number of imide groups is 1. The van der Waals surface area contributed by atoms with E-state index in [1.807, 2.05) is 32.0 Å². The van der Waals surface area contributed by atoms with Crippen molar-refractivity contribution in [3.63, 3.8) is 0 Å². The molecule has 1 aliphatic rings. The zero-order valence-corrected chi connectivity index (χ0v) is 13.9. The number of carbonyl (C=O) groups excluding carboxylic acids is 2. The van der Waals surface area contributed by atoms with Gasteiger partial charge in [-0.2, -0.15) is 0 Å².